The van der Waals surface area contributed by atoms with E-state index < -0.39 is 0 Å². The smallest absolute Gasteiger partial charge is 0.142 e. The molecule has 1 heterocycles. The van der Waals surface area contributed by atoms with Gasteiger partial charge >= 0.3 is 0 Å². The summed E-state index contributed by atoms with van der Waals surface area (Å²) in [4.78, 5) is 0. The fourth-order valence-corrected chi connectivity index (χ4v) is 3.20. The summed E-state index contributed by atoms with van der Waals surface area (Å²) in [6.45, 7) is 9.27. The van der Waals surface area contributed by atoms with Crippen LogP contribution in [0.2, 0.25) is 0 Å². The molecule has 0 unspecified atom stereocenters. The first-order chi connectivity index (χ1) is 11.5. The van der Waals surface area contributed by atoms with Gasteiger partial charge in [0.05, 0.1) is 13.2 Å². The lowest BCUT2D eigenvalue weighted by atomic mass is 10.0. The van der Waals surface area contributed by atoms with Crippen molar-refractivity contribution < 1.29 is 14.3 Å². The average molecular weight is 326 g/mol. The summed E-state index contributed by atoms with van der Waals surface area (Å²) in [5, 5.41) is 11.6. The first kappa shape index (κ1) is 16.8. The molecule has 0 aliphatic carbocycles. The summed E-state index contributed by atoms with van der Waals surface area (Å²) in [5.41, 5.74) is 4.69. The van der Waals surface area contributed by atoms with E-state index in [1.165, 1.54) is 6.42 Å². The van der Waals surface area contributed by atoms with Crippen LogP contribution in [0.25, 0.3) is 21.9 Å². The highest BCUT2D eigenvalue weighted by molar-refractivity contribution is 6.07. The zero-order valence-corrected chi connectivity index (χ0v) is 15.0. The molecule has 3 rings (SSSR count). The first-order valence-electron chi connectivity index (χ1n) is 8.71. The molecule has 0 atom stereocenters. The molecule has 0 aliphatic heterocycles. The minimum absolute atomic E-state index is 0.0298. The third-order valence-corrected chi connectivity index (χ3v) is 4.72. The Bertz CT molecular complexity index is 859. The van der Waals surface area contributed by atoms with Crippen molar-refractivity contribution in [2.75, 3.05) is 6.61 Å². The highest BCUT2D eigenvalue weighted by atomic mass is 16.5. The second kappa shape index (κ2) is 6.86. The average Bonchev–Trinajstić information content (AvgIpc) is 2.94. The van der Waals surface area contributed by atoms with Crippen molar-refractivity contribution >= 4 is 21.9 Å². The molecule has 0 fully saturated rings. The quantitative estimate of drug-likeness (QED) is 0.607. The molecular weight excluding hydrogens is 300 g/mol. The number of hydrogen-bond acceptors (Lipinski definition) is 3. The fraction of sp³-hybridized carbons (Fsp3) is 0.429. The van der Waals surface area contributed by atoms with Gasteiger partial charge in [-0.2, -0.15) is 0 Å². The van der Waals surface area contributed by atoms with E-state index in [0.717, 1.165) is 57.4 Å². The molecule has 24 heavy (non-hydrogen) atoms. The highest BCUT2D eigenvalue weighted by Gasteiger charge is 2.15. The van der Waals surface area contributed by atoms with E-state index in [1.807, 2.05) is 32.0 Å². The fourth-order valence-electron chi connectivity index (χ4n) is 3.20. The third-order valence-electron chi connectivity index (χ3n) is 4.72. The maximum atomic E-state index is 9.45. The van der Waals surface area contributed by atoms with Crippen molar-refractivity contribution in [1.29, 1.82) is 0 Å². The maximum absolute atomic E-state index is 9.45. The monoisotopic (exact) mass is 326 g/mol. The van der Waals surface area contributed by atoms with Crippen molar-refractivity contribution in [3.05, 3.63) is 41.0 Å². The van der Waals surface area contributed by atoms with Crippen LogP contribution in [0.3, 0.4) is 0 Å². The van der Waals surface area contributed by atoms with Crippen LogP contribution in [-0.2, 0) is 6.61 Å². The number of ether oxygens (including phenoxy) is 1. The molecule has 3 nitrogen and oxygen atoms in total. The van der Waals surface area contributed by atoms with Crippen LogP contribution in [0.5, 0.6) is 5.75 Å². The molecule has 1 N–H and O–H groups in total. The second-order valence-corrected chi connectivity index (χ2v) is 6.94. The van der Waals surface area contributed by atoms with E-state index in [0.29, 0.717) is 5.92 Å². The van der Waals surface area contributed by atoms with E-state index in [9.17, 15) is 5.11 Å². The summed E-state index contributed by atoms with van der Waals surface area (Å²) in [6.07, 6.45) is 2.24. The molecule has 2 aromatic carbocycles. The van der Waals surface area contributed by atoms with E-state index in [2.05, 4.69) is 19.9 Å². The van der Waals surface area contributed by atoms with E-state index in [1.54, 1.807) is 0 Å². The number of aliphatic hydroxyl groups is 1. The van der Waals surface area contributed by atoms with Gasteiger partial charge in [-0.3, -0.25) is 0 Å². The maximum Gasteiger partial charge on any atom is 0.142 e. The van der Waals surface area contributed by atoms with Crippen molar-refractivity contribution in [3.63, 3.8) is 0 Å². The molecule has 0 amide bonds. The van der Waals surface area contributed by atoms with Gasteiger partial charge in [-0.25, -0.2) is 0 Å². The Morgan fingerprint density at radius 3 is 2.33 bits per heavy atom. The van der Waals surface area contributed by atoms with E-state index in [-0.39, 0.29) is 6.61 Å². The van der Waals surface area contributed by atoms with Gasteiger partial charge < -0.3 is 14.3 Å². The van der Waals surface area contributed by atoms with Gasteiger partial charge in [-0.15, -0.1) is 0 Å². The van der Waals surface area contributed by atoms with Crippen molar-refractivity contribution in [3.8, 4) is 5.75 Å². The molecule has 0 aliphatic rings. The Morgan fingerprint density at radius 1 is 1.00 bits per heavy atom. The summed E-state index contributed by atoms with van der Waals surface area (Å²) >= 11 is 0. The minimum atomic E-state index is 0.0298. The summed E-state index contributed by atoms with van der Waals surface area (Å²) < 4.78 is 12.1. The first-order valence-corrected chi connectivity index (χ1v) is 8.71. The van der Waals surface area contributed by atoms with Gasteiger partial charge in [0, 0.05) is 16.3 Å². The second-order valence-electron chi connectivity index (χ2n) is 6.94. The van der Waals surface area contributed by atoms with Crippen molar-refractivity contribution in [2.45, 2.75) is 47.1 Å². The topological polar surface area (TPSA) is 42.6 Å². The molecular formula is C21H26O3. The Balaban J connectivity index is 1.96. The Hall–Kier alpha value is -2.00. The third kappa shape index (κ3) is 3.01. The lowest BCUT2D eigenvalue weighted by molar-refractivity contribution is 0.281. The van der Waals surface area contributed by atoms with Gasteiger partial charge in [0.2, 0.25) is 0 Å². The SMILES string of the molecule is Cc1c(CO)ccc2c1oc1c(C)c(OCCCC(C)C)ccc12. The number of aryl methyl sites for hydroxylation is 2. The van der Waals surface area contributed by atoms with Crippen molar-refractivity contribution in [2.24, 2.45) is 5.92 Å². The van der Waals surface area contributed by atoms with E-state index >= 15 is 0 Å². The van der Waals surface area contributed by atoms with Crippen LogP contribution in [0.1, 0.15) is 43.4 Å². The molecule has 0 bridgehead atoms. The zero-order chi connectivity index (χ0) is 17.3. The van der Waals surface area contributed by atoms with Crippen LogP contribution >= 0.6 is 0 Å². The number of furan rings is 1. The number of aliphatic hydroxyl groups excluding tert-OH is 1. The molecule has 3 aromatic rings. The standard InChI is InChI=1S/C21H26O3/c1-13(2)6-5-11-23-19-10-9-18-17-8-7-16(12-22)14(3)20(17)24-21(18)15(19)4/h7-10,13,22H,5-6,11-12H2,1-4H3. The normalized spacial score (nSPS) is 11.8. The predicted octanol–water partition coefficient (Wildman–Crippen LogP) is 5.51. The number of fused-ring (bicyclic) bond motifs is 3. The largest absolute Gasteiger partial charge is 0.493 e. The lowest BCUT2D eigenvalue weighted by Crippen LogP contribution is -2.00. The summed E-state index contributed by atoms with van der Waals surface area (Å²) in [6, 6.07) is 8.11. The van der Waals surface area contributed by atoms with Crippen LogP contribution in [0, 0.1) is 19.8 Å². The van der Waals surface area contributed by atoms with Crippen LogP contribution in [0.15, 0.2) is 28.7 Å². The Kier molecular flexibility index (Phi) is 4.81. The van der Waals surface area contributed by atoms with Crippen molar-refractivity contribution in [1.82, 2.24) is 0 Å². The number of hydrogen-bond donors (Lipinski definition) is 1. The van der Waals surface area contributed by atoms with Gasteiger partial charge in [0.15, 0.2) is 0 Å². The number of rotatable bonds is 6. The van der Waals surface area contributed by atoms with Crippen LogP contribution in [0.4, 0.5) is 0 Å². The van der Waals surface area contributed by atoms with Crippen LogP contribution < -0.4 is 4.74 Å². The number of benzene rings is 2. The molecule has 0 saturated carbocycles. The van der Waals surface area contributed by atoms with E-state index in [4.69, 9.17) is 9.15 Å². The summed E-state index contributed by atoms with van der Waals surface area (Å²) in [5.74, 6) is 1.60. The minimum Gasteiger partial charge on any atom is -0.493 e. The van der Waals surface area contributed by atoms with Gasteiger partial charge in [0.1, 0.15) is 16.9 Å². The molecule has 1 aromatic heterocycles. The van der Waals surface area contributed by atoms with Gasteiger partial charge in [-0.05, 0) is 55.9 Å². The van der Waals surface area contributed by atoms with Gasteiger partial charge in [0.25, 0.3) is 0 Å². The molecule has 128 valence electrons. The lowest BCUT2D eigenvalue weighted by Gasteiger charge is -2.10. The Labute approximate surface area is 143 Å². The molecule has 0 spiro atoms. The Morgan fingerprint density at radius 2 is 1.67 bits per heavy atom. The molecule has 0 saturated heterocycles. The van der Waals surface area contributed by atoms with Crippen LogP contribution in [-0.4, -0.2) is 11.7 Å². The summed E-state index contributed by atoms with van der Waals surface area (Å²) in [7, 11) is 0. The molecule has 0 radical (unpaired) electrons. The van der Waals surface area contributed by atoms with Gasteiger partial charge in [-0.1, -0.05) is 26.0 Å². The highest BCUT2D eigenvalue weighted by Crippen LogP contribution is 2.37. The molecule has 3 heteroatoms. The zero-order valence-electron chi connectivity index (χ0n) is 15.0. The predicted molar refractivity (Wildman–Crippen MR) is 98.7 cm³/mol.